The third-order valence-corrected chi connectivity index (χ3v) is 4.97. The molecule has 20 heavy (non-hydrogen) atoms. The SMILES string of the molecule is CC1CN(S(=O)(=O)c2cccc(C(N)=O)c2)CC(C)O1. The molecule has 1 aromatic carbocycles. The highest BCUT2D eigenvalue weighted by Gasteiger charge is 2.32. The molecule has 0 spiro atoms. The lowest BCUT2D eigenvalue weighted by molar-refractivity contribution is -0.0440. The topological polar surface area (TPSA) is 89.7 Å². The number of nitrogens with zero attached hydrogens (tertiary/aromatic N) is 1. The average molecular weight is 298 g/mol. The van der Waals surface area contributed by atoms with Crippen LogP contribution in [0.3, 0.4) is 0 Å². The van der Waals surface area contributed by atoms with Crippen LogP contribution in [0, 0.1) is 0 Å². The van der Waals surface area contributed by atoms with Gasteiger partial charge in [0.2, 0.25) is 15.9 Å². The molecule has 110 valence electrons. The Morgan fingerprint density at radius 2 is 1.90 bits per heavy atom. The molecule has 1 aliphatic heterocycles. The second-order valence-electron chi connectivity index (χ2n) is 4.97. The van der Waals surface area contributed by atoms with Gasteiger partial charge in [-0.1, -0.05) is 6.07 Å². The molecule has 2 N–H and O–H groups in total. The van der Waals surface area contributed by atoms with E-state index in [1.807, 2.05) is 13.8 Å². The van der Waals surface area contributed by atoms with E-state index in [0.717, 1.165) is 0 Å². The molecule has 2 rings (SSSR count). The molecule has 0 aliphatic carbocycles. The molecule has 6 nitrogen and oxygen atoms in total. The monoisotopic (exact) mass is 298 g/mol. The van der Waals surface area contributed by atoms with Crippen LogP contribution in [-0.4, -0.2) is 43.9 Å². The minimum absolute atomic E-state index is 0.0788. The van der Waals surface area contributed by atoms with Crippen molar-refractivity contribution in [2.75, 3.05) is 13.1 Å². The largest absolute Gasteiger partial charge is 0.373 e. The summed E-state index contributed by atoms with van der Waals surface area (Å²) in [5, 5.41) is 0. The predicted molar refractivity (Wildman–Crippen MR) is 73.7 cm³/mol. The van der Waals surface area contributed by atoms with E-state index in [-0.39, 0.29) is 22.7 Å². The summed E-state index contributed by atoms with van der Waals surface area (Å²) in [6, 6.07) is 5.78. The smallest absolute Gasteiger partial charge is 0.248 e. The Kier molecular flexibility index (Phi) is 4.12. The molecular weight excluding hydrogens is 280 g/mol. The first-order valence-corrected chi connectivity index (χ1v) is 7.80. The summed E-state index contributed by atoms with van der Waals surface area (Å²) >= 11 is 0. The van der Waals surface area contributed by atoms with Gasteiger partial charge in [-0.2, -0.15) is 4.31 Å². The first-order chi connectivity index (χ1) is 9.30. The van der Waals surface area contributed by atoms with E-state index in [9.17, 15) is 13.2 Å². The normalized spacial score (nSPS) is 24.5. The van der Waals surface area contributed by atoms with Crippen molar-refractivity contribution in [1.29, 1.82) is 0 Å². The van der Waals surface area contributed by atoms with Gasteiger partial charge in [0.15, 0.2) is 0 Å². The highest BCUT2D eigenvalue weighted by atomic mass is 32.2. The lowest BCUT2D eigenvalue weighted by Crippen LogP contribution is -2.48. The number of nitrogens with two attached hydrogens (primary N) is 1. The minimum atomic E-state index is -3.64. The van der Waals surface area contributed by atoms with Gasteiger partial charge in [-0.25, -0.2) is 8.42 Å². The predicted octanol–water partition coefficient (Wildman–Crippen LogP) is 0.583. The maximum absolute atomic E-state index is 12.6. The maximum Gasteiger partial charge on any atom is 0.248 e. The van der Waals surface area contributed by atoms with E-state index >= 15 is 0 Å². The van der Waals surface area contributed by atoms with E-state index in [1.165, 1.54) is 28.6 Å². The van der Waals surface area contributed by atoms with Crippen molar-refractivity contribution in [3.63, 3.8) is 0 Å². The van der Waals surface area contributed by atoms with Gasteiger partial charge in [-0.3, -0.25) is 4.79 Å². The van der Waals surface area contributed by atoms with E-state index < -0.39 is 15.9 Å². The molecule has 1 aliphatic rings. The number of carbonyl (C=O) groups is 1. The van der Waals surface area contributed by atoms with Crippen LogP contribution < -0.4 is 5.73 Å². The van der Waals surface area contributed by atoms with Gasteiger partial charge in [-0.05, 0) is 32.0 Å². The lowest BCUT2D eigenvalue weighted by atomic mass is 10.2. The second-order valence-corrected chi connectivity index (χ2v) is 6.91. The van der Waals surface area contributed by atoms with Crippen LogP contribution >= 0.6 is 0 Å². The first-order valence-electron chi connectivity index (χ1n) is 6.36. The van der Waals surface area contributed by atoms with E-state index in [2.05, 4.69) is 0 Å². The minimum Gasteiger partial charge on any atom is -0.373 e. The van der Waals surface area contributed by atoms with Gasteiger partial charge in [0, 0.05) is 18.7 Å². The van der Waals surface area contributed by atoms with Crippen molar-refractivity contribution >= 4 is 15.9 Å². The van der Waals surface area contributed by atoms with Crippen LogP contribution in [0.25, 0.3) is 0 Å². The molecule has 7 heteroatoms. The zero-order valence-electron chi connectivity index (χ0n) is 11.4. The summed E-state index contributed by atoms with van der Waals surface area (Å²) in [5.74, 6) is -0.647. The molecule has 2 atom stereocenters. The van der Waals surface area contributed by atoms with Crippen LogP contribution in [0.4, 0.5) is 0 Å². The molecule has 1 amide bonds. The van der Waals surface area contributed by atoms with Crippen molar-refractivity contribution in [3.8, 4) is 0 Å². The number of rotatable bonds is 3. The fourth-order valence-electron chi connectivity index (χ4n) is 2.29. The third kappa shape index (κ3) is 3.00. The summed E-state index contributed by atoms with van der Waals surface area (Å²) in [6.07, 6.45) is -0.319. The van der Waals surface area contributed by atoms with Crippen molar-refractivity contribution in [2.45, 2.75) is 31.0 Å². The molecule has 1 aromatic rings. The number of ether oxygens (including phenoxy) is 1. The Morgan fingerprint density at radius 1 is 1.30 bits per heavy atom. The van der Waals surface area contributed by atoms with Gasteiger partial charge >= 0.3 is 0 Å². The molecule has 2 unspecified atom stereocenters. The Bertz CT molecular complexity index is 605. The molecule has 1 heterocycles. The second kappa shape index (κ2) is 5.51. The van der Waals surface area contributed by atoms with Gasteiger partial charge in [0.1, 0.15) is 0 Å². The Hall–Kier alpha value is -1.44. The van der Waals surface area contributed by atoms with Crippen LogP contribution in [-0.2, 0) is 14.8 Å². The van der Waals surface area contributed by atoms with E-state index in [1.54, 1.807) is 0 Å². The number of amides is 1. The van der Waals surface area contributed by atoms with Crippen LogP contribution in [0.1, 0.15) is 24.2 Å². The maximum atomic E-state index is 12.6. The summed E-state index contributed by atoms with van der Waals surface area (Å²) < 4.78 is 32.1. The van der Waals surface area contributed by atoms with Gasteiger partial charge in [0.25, 0.3) is 0 Å². The van der Waals surface area contributed by atoms with E-state index in [0.29, 0.717) is 13.1 Å². The highest BCUT2D eigenvalue weighted by molar-refractivity contribution is 7.89. The Labute approximate surface area is 118 Å². The highest BCUT2D eigenvalue weighted by Crippen LogP contribution is 2.21. The van der Waals surface area contributed by atoms with Crippen molar-refractivity contribution in [1.82, 2.24) is 4.31 Å². The van der Waals surface area contributed by atoms with Gasteiger partial charge in [-0.15, -0.1) is 0 Å². The average Bonchev–Trinajstić information content (AvgIpc) is 2.37. The quantitative estimate of drug-likeness (QED) is 0.884. The molecular formula is C13H18N2O4S. The first kappa shape index (κ1) is 15.0. The number of sulfonamides is 1. The lowest BCUT2D eigenvalue weighted by Gasteiger charge is -2.34. The number of hydrogen-bond donors (Lipinski definition) is 1. The van der Waals surface area contributed by atoms with Gasteiger partial charge in [0.05, 0.1) is 17.1 Å². The zero-order chi connectivity index (χ0) is 14.9. The summed E-state index contributed by atoms with van der Waals surface area (Å²) in [6.45, 7) is 4.26. The summed E-state index contributed by atoms with van der Waals surface area (Å²) in [4.78, 5) is 11.2. The summed E-state index contributed by atoms with van der Waals surface area (Å²) in [7, 11) is -3.64. The Morgan fingerprint density at radius 3 is 2.45 bits per heavy atom. The number of primary amides is 1. The van der Waals surface area contributed by atoms with Crippen LogP contribution in [0.5, 0.6) is 0 Å². The standard InChI is InChI=1S/C13H18N2O4S/c1-9-7-15(8-10(2)19-9)20(17,18)12-5-3-4-11(6-12)13(14)16/h3-6,9-10H,7-8H2,1-2H3,(H2,14,16). The number of hydrogen-bond acceptors (Lipinski definition) is 4. The third-order valence-electron chi connectivity index (χ3n) is 3.14. The number of benzene rings is 1. The van der Waals surface area contributed by atoms with Crippen molar-refractivity contribution in [3.05, 3.63) is 29.8 Å². The molecule has 0 bridgehead atoms. The molecule has 1 saturated heterocycles. The van der Waals surface area contributed by atoms with Crippen LogP contribution in [0.2, 0.25) is 0 Å². The Balaban J connectivity index is 2.34. The van der Waals surface area contributed by atoms with E-state index in [4.69, 9.17) is 10.5 Å². The fourth-order valence-corrected chi connectivity index (χ4v) is 3.92. The van der Waals surface area contributed by atoms with Crippen molar-refractivity contribution in [2.24, 2.45) is 5.73 Å². The number of carbonyl (C=O) groups excluding carboxylic acids is 1. The van der Waals surface area contributed by atoms with Crippen LogP contribution in [0.15, 0.2) is 29.2 Å². The molecule has 0 aromatic heterocycles. The molecule has 1 fully saturated rings. The molecule has 0 saturated carbocycles. The van der Waals surface area contributed by atoms with Gasteiger partial charge < -0.3 is 10.5 Å². The molecule has 0 radical (unpaired) electrons. The summed E-state index contributed by atoms with van der Waals surface area (Å²) in [5.41, 5.74) is 5.36. The zero-order valence-corrected chi connectivity index (χ0v) is 12.3. The fraction of sp³-hybridized carbons (Fsp3) is 0.462. The number of morpholine rings is 1. The van der Waals surface area contributed by atoms with Crippen molar-refractivity contribution < 1.29 is 17.9 Å².